The topological polar surface area (TPSA) is 41.6 Å². The average Bonchev–Trinajstić information content (AvgIpc) is 2.60. The molecule has 0 spiro atoms. The summed E-state index contributed by atoms with van der Waals surface area (Å²) >= 11 is 0. The average molecular weight is 238 g/mol. The molecule has 0 aliphatic carbocycles. The van der Waals surface area contributed by atoms with Gasteiger partial charge in [0.05, 0.1) is 6.54 Å². The number of nitrogens with zero attached hydrogens (tertiary/aromatic N) is 1. The van der Waals surface area contributed by atoms with Gasteiger partial charge in [0.15, 0.2) is 0 Å². The maximum absolute atomic E-state index is 11.5. The third kappa shape index (κ3) is 5.10. The van der Waals surface area contributed by atoms with E-state index in [9.17, 15) is 4.79 Å². The fourth-order valence-electron chi connectivity index (χ4n) is 1.97. The summed E-state index contributed by atoms with van der Waals surface area (Å²) in [6.45, 7) is 7.84. The lowest BCUT2D eigenvalue weighted by molar-refractivity contribution is 0.0515. The van der Waals surface area contributed by atoms with Crippen molar-refractivity contribution in [3.8, 4) is 12.3 Å². The number of likely N-dealkylation sites (tertiary alicyclic amines) is 1. The van der Waals surface area contributed by atoms with Crippen LogP contribution in [0, 0.1) is 12.3 Å². The van der Waals surface area contributed by atoms with Crippen molar-refractivity contribution in [3.05, 3.63) is 0 Å². The van der Waals surface area contributed by atoms with Crippen LogP contribution in [0.15, 0.2) is 0 Å². The van der Waals surface area contributed by atoms with Crippen LogP contribution < -0.4 is 5.32 Å². The molecular weight excluding hydrogens is 216 g/mol. The fourth-order valence-corrected chi connectivity index (χ4v) is 1.97. The molecule has 17 heavy (non-hydrogen) atoms. The van der Waals surface area contributed by atoms with E-state index in [1.807, 2.05) is 20.8 Å². The number of ether oxygens (including phenoxy) is 1. The van der Waals surface area contributed by atoms with E-state index in [4.69, 9.17) is 11.2 Å². The molecule has 1 N–H and O–H groups in total. The van der Waals surface area contributed by atoms with Gasteiger partial charge in [-0.1, -0.05) is 5.92 Å². The normalized spacial score (nSPS) is 20.9. The minimum absolute atomic E-state index is 0.346. The number of rotatable bonds is 3. The third-order valence-electron chi connectivity index (χ3n) is 2.67. The Morgan fingerprint density at radius 2 is 2.29 bits per heavy atom. The van der Waals surface area contributed by atoms with E-state index < -0.39 is 5.60 Å². The van der Waals surface area contributed by atoms with Crippen LogP contribution in [0.2, 0.25) is 0 Å². The van der Waals surface area contributed by atoms with Gasteiger partial charge in [0.1, 0.15) is 5.60 Å². The molecule has 1 fully saturated rings. The first kappa shape index (κ1) is 13.9. The molecule has 1 saturated heterocycles. The second-order valence-corrected chi connectivity index (χ2v) is 5.35. The predicted molar refractivity (Wildman–Crippen MR) is 67.7 cm³/mol. The maximum atomic E-state index is 11.5. The van der Waals surface area contributed by atoms with Crippen LogP contribution in [0.3, 0.4) is 0 Å². The Balaban J connectivity index is 2.30. The van der Waals surface area contributed by atoms with Crippen LogP contribution in [0.25, 0.3) is 0 Å². The Hall–Kier alpha value is -1.21. The summed E-state index contributed by atoms with van der Waals surface area (Å²) < 4.78 is 5.18. The van der Waals surface area contributed by atoms with Crippen molar-refractivity contribution in [2.75, 3.05) is 19.6 Å². The molecular formula is C13H22N2O2. The van der Waals surface area contributed by atoms with Gasteiger partial charge in [-0.05, 0) is 40.2 Å². The minimum Gasteiger partial charge on any atom is -0.444 e. The second-order valence-electron chi connectivity index (χ2n) is 5.35. The Morgan fingerprint density at radius 1 is 1.59 bits per heavy atom. The number of carbonyl (C=O) groups is 1. The van der Waals surface area contributed by atoms with Crippen LogP contribution in [-0.4, -0.2) is 42.3 Å². The van der Waals surface area contributed by atoms with Crippen molar-refractivity contribution in [1.82, 2.24) is 10.2 Å². The van der Waals surface area contributed by atoms with Gasteiger partial charge in [0.2, 0.25) is 0 Å². The van der Waals surface area contributed by atoms with Gasteiger partial charge >= 0.3 is 6.09 Å². The van der Waals surface area contributed by atoms with Gasteiger partial charge in [-0.3, -0.25) is 4.90 Å². The zero-order valence-electron chi connectivity index (χ0n) is 11.0. The molecule has 0 radical (unpaired) electrons. The molecule has 1 rings (SSSR count). The van der Waals surface area contributed by atoms with Crippen molar-refractivity contribution in [2.45, 2.75) is 45.3 Å². The third-order valence-corrected chi connectivity index (χ3v) is 2.67. The van der Waals surface area contributed by atoms with Crippen LogP contribution in [0.1, 0.15) is 33.6 Å². The number of terminal acetylenes is 1. The quantitative estimate of drug-likeness (QED) is 0.759. The highest BCUT2D eigenvalue weighted by molar-refractivity contribution is 5.67. The number of carbonyl (C=O) groups excluding carboxylic acids is 1. The van der Waals surface area contributed by atoms with E-state index in [1.54, 1.807) is 0 Å². The van der Waals surface area contributed by atoms with E-state index in [1.165, 1.54) is 0 Å². The van der Waals surface area contributed by atoms with Gasteiger partial charge in [-0.2, -0.15) is 0 Å². The van der Waals surface area contributed by atoms with Gasteiger partial charge in [-0.25, -0.2) is 4.79 Å². The summed E-state index contributed by atoms with van der Waals surface area (Å²) in [5.74, 6) is 2.65. The first-order valence-electron chi connectivity index (χ1n) is 6.07. The molecule has 4 heteroatoms. The van der Waals surface area contributed by atoms with Crippen LogP contribution >= 0.6 is 0 Å². The van der Waals surface area contributed by atoms with E-state index in [2.05, 4.69) is 16.1 Å². The largest absolute Gasteiger partial charge is 0.444 e. The molecule has 0 aromatic rings. The SMILES string of the molecule is C#CCN1CCC[C@H]1CNC(=O)OC(C)(C)C. The fraction of sp³-hybridized carbons (Fsp3) is 0.769. The number of alkyl carbamates (subject to hydrolysis) is 1. The first-order valence-corrected chi connectivity index (χ1v) is 6.07. The molecule has 0 aromatic carbocycles. The van der Waals surface area contributed by atoms with Crippen LogP contribution in [0.4, 0.5) is 4.79 Å². The van der Waals surface area contributed by atoms with E-state index >= 15 is 0 Å². The molecule has 0 saturated carbocycles. The summed E-state index contributed by atoms with van der Waals surface area (Å²) in [6, 6.07) is 0.346. The van der Waals surface area contributed by atoms with E-state index in [-0.39, 0.29) is 6.09 Å². The van der Waals surface area contributed by atoms with Crippen molar-refractivity contribution in [2.24, 2.45) is 0 Å². The van der Waals surface area contributed by atoms with Crippen molar-refractivity contribution < 1.29 is 9.53 Å². The molecule has 0 bridgehead atoms. The smallest absolute Gasteiger partial charge is 0.407 e. The molecule has 96 valence electrons. The lowest BCUT2D eigenvalue weighted by atomic mass is 10.2. The molecule has 1 amide bonds. The number of nitrogens with one attached hydrogen (secondary N) is 1. The Labute approximate surface area is 104 Å². The summed E-state index contributed by atoms with van der Waals surface area (Å²) in [5, 5.41) is 2.80. The minimum atomic E-state index is -0.446. The zero-order valence-corrected chi connectivity index (χ0v) is 11.0. The lowest BCUT2D eigenvalue weighted by Gasteiger charge is -2.24. The molecule has 1 aliphatic heterocycles. The van der Waals surface area contributed by atoms with Gasteiger partial charge in [0, 0.05) is 12.6 Å². The summed E-state index contributed by atoms with van der Waals surface area (Å²) in [6.07, 6.45) is 7.17. The summed E-state index contributed by atoms with van der Waals surface area (Å²) in [4.78, 5) is 13.7. The second kappa shape index (κ2) is 5.92. The Kier molecular flexibility index (Phi) is 4.83. The molecule has 4 nitrogen and oxygen atoms in total. The summed E-state index contributed by atoms with van der Waals surface area (Å²) in [5.41, 5.74) is -0.446. The van der Waals surface area contributed by atoms with Gasteiger partial charge in [-0.15, -0.1) is 6.42 Å². The monoisotopic (exact) mass is 238 g/mol. The maximum Gasteiger partial charge on any atom is 0.407 e. The van der Waals surface area contributed by atoms with Gasteiger partial charge in [0.25, 0.3) is 0 Å². The summed E-state index contributed by atoms with van der Waals surface area (Å²) in [7, 11) is 0. The molecule has 1 heterocycles. The van der Waals surface area contributed by atoms with Crippen LogP contribution in [-0.2, 0) is 4.74 Å². The standard InChI is InChI=1S/C13H22N2O2/c1-5-8-15-9-6-7-11(15)10-14-12(16)17-13(2,3)4/h1,11H,6-10H2,2-4H3,(H,14,16)/t11-/m0/s1. The highest BCUT2D eigenvalue weighted by atomic mass is 16.6. The van der Waals surface area contributed by atoms with Crippen molar-refractivity contribution >= 4 is 6.09 Å². The Bertz CT molecular complexity index is 302. The van der Waals surface area contributed by atoms with E-state index in [0.29, 0.717) is 19.1 Å². The molecule has 0 aromatic heterocycles. The number of hydrogen-bond donors (Lipinski definition) is 1. The Morgan fingerprint density at radius 3 is 2.88 bits per heavy atom. The molecule has 1 aliphatic rings. The molecule has 0 unspecified atom stereocenters. The predicted octanol–water partition coefficient (Wildman–Crippen LogP) is 1.61. The highest BCUT2D eigenvalue weighted by Crippen LogP contribution is 2.15. The van der Waals surface area contributed by atoms with E-state index in [0.717, 1.165) is 19.4 Å². The van der Waals surface area contributed by atoms with Crippen molar-refractivity contribution in [3.63, 3.8) is 0 Å². The van der Waals surface area contributed by atoms with Crippen LogP contribution in [0.5, 0.6) is 0 Å². The zero-order chi connectivity index (χ0) is 12.9. The van der Waals surface area contributed by atoms with Gasteiger partial charge < -0.3 is 10.1 Å². The first-order chi connectivity index (χ1) is 7.92. The lowest BCUT2D eigenvalue weighted by Crippen LogP contribution is -2.42. The number of amides is 1. The molecule has 1 atom stereocenters. The highest BCUT2D eigenvalue weighted by Gasteiger charge is 2.24. The number of hydrogen-bond acceptors (Lipinski definition) is 3. The van der Waals surface area contributed by atoms with Crippen molar-refractivity contribution in [1.29, 1.82) is 0 Å².